The topological polar surface area (TPSA) is 60.2 Å². The summed E-state index contributed by atoms with van der Waals surface area (Å²) in [6, 6.07) is 6.12. The maximum Gasteiger partial charge on any atom is 0.183 e. The smallest absolute Gasteiger partial charge is 0.183 e. The van der Waals surface area contributed by atoms with E-state index in [1.165, 1.54) is 22.9 Å². The van der Waals surface area contributed by atoms with Crippen molar-refractivity contribution in [3.05, 3.63) is 29.3 Å². The van der Waals surface area contributed by atoms with Gasteiger partial charge in [-0.25, -0.2) is 4.99 Å². The van der Waals surface area contributed by atoms with E-state index in [0.29, 0.717) is 5.17 Å². The van der Waals surface area contributed by atoms with Gasteiger partial charge in [-0.2, -0.15) is 5.26 Å². The van der Waals surface area contributed by atoms with E-state index in [0.717, 1.165) is 18.8 Å². The van der Waals surface area contributed by atoms with Gasteiger partial charge in [-0.05, 0) is 29.5 Å². The minimum atomic E-state index is 0.619. The molecule has 1 aliphatic rings. The maximum absolute atomic E-state index is 8.54. The Kier molecular flexibility index (Phi) is 3.44. The summed E-state index contributed by atoms with van der Waals surface area (Å²) >= 11 is 1.42. The van der Waals surface area contributed by atoms with Gasteiger partial charge in [0, 0.05) is 13.1 Å². The molecular formula is C11H12N4S. The lowest BCUT2D eigenvalue weighted by Crippen LogP contribution is -2.12. The van der Waals surface area contributed by atoms with Gasteiger partial charge in [0.25, 0.3) is 0 Å². The number of amidine groups is 1. The molecule has 5 heteroatoms. The molecule has 2 rings (SSSR count). The Morgan fingerprint density at radius 2 is 2.31 bits per heavy atom. The molecule has 0 aliphatic carbocycles. The first-order valence-corrected chi connectivity index (χ1v) is 6.16. The summed E-state index contributed by atoms with van der Waals surface area (Å²) in [6.07, 6.45) is 3.76. The highest BCUT2D eigenvalue weighted by Gasteiger charge is 2.09. The van der Waals surface area contributed by atoms with Crippen molar-refractivity contribution in [2.24, 2.45) is 4.99 Å². The number of fused-ring (bicyclic) bond motifs is 1. The van der Waals surface area contributed by atoms with Crippen molar-refractivity contribution < 1.29 is 0 Å². The van der Waals surface area contributed by atoms with Crippen LogP contribution in [0.15, 0.2) is 23.2 Å². The van der Waals surface area contributed by atoms with Crippen LogP contribution < -0.4 is 10.6 Å². The Balaban J connectivity index is 2.25. The third kappa shape index (κ3) is 2.35. The quantitative estimate of drug-likeness (QED) is 0.335. The number of hydrogen-bond acceptors (Lipinski definition) is 4. The molecule has 2 N–H and O–H groups in total. The van der Waals surface area contributed by atoms with E-state index in [9.17, 15) is 0 Å². The van der Waals surface area contributed by atoms with Gasteiger partial charge in [0.15, 0.2) is 11.4 Å². The number of nitrogens with one attached hydrogen (secondary N) is 2. The summed E-state index contributed by atoms with van der Waals surface area (Å²) in [6.45, 7) is 1.84. The molecule has 0 atom stereocenters. The van der Waals surface area contributed by atoms with E-state index < -0.39 is 0 Å². The zero-order valence-electron chi connectivity index (χ0n) is 8.95. The lowest BCUT2D eigenvalue weighted by Gasteiger charge is -2.02. The van der Waals surface area contributed by atoms with Crippen LogP contribution in [0.3, 0.4) is 0 Å². The van der Waals surface area contributed by atoms with Crippen LogP contribution in [-0.4, -0.2) is 11.4 Å². The molecule has 0 bridgehead atoms. The number of hydrogen-bond donors (Lipinski definition) is 2. The van der Waals surface area contributed by atoms with E-state index in [4.69, 9.17) is 5.26 Å². The molecule has 0 unspecified atom stereocenters. The first-order chi connectivity index (χ1) is 7.83. The average Bonchev–Trinajstić information content (AvgIpc) is 2.75. The van der Waals surface area contributed by atoms with Gasteiger partial charge in [0.2, 0.25) is 0 Å². The molecule has 0 saturated heterocycles. The van der Waals surface area contributed by atoms with Gasteiger partial charge in [0.1, 0.15) is 0 Å². The van der Waals surface area contributed by atoms with Crippen LogP contribution >= 0.6 is 11.8 Å². The molecule has 82 valence electrons. The predicted molar refractivity (Wildman–Crippen MR) is 66.3 cm³/mol. The molecule has 1 aromatic rings. The summed E-state index contributed by atoms with van der Waals surface area (Å²) in [4.78, 5) is 4.36. The fourth-order valence-electron chi connectivity index (χ4n) is 1.64. The van der Waals surface area contributed by atoms with E-state index >= 15 is 0 Å². The molecule has 0 saturated carbocycles. The number of rotatable bonds is 1. The molecule has 0 amide bonds. The second-order valence-electron chi connectivity index (χ2n) is 3.41. The van der Waals surface area contributed by atoms with Gasteiger partial charge < -0.3 is 5.32 Å². The van der Waals surface area contributed by atoms with Crippen molar-refractivity contribution in [2.45, 2.75) is 13.1 Å². The monoisotopic (exact) mass is 232 g/mol. The predicted octanol–water partition coefficient (Wildman–Crippen LogP) is 1.71. The second-order valence-corrected chi connectivity index (χ2v) is 4.21. The van der Waals surface area contributed by atoms with Gasteiger partial charge in [0.05, 0.1) is 5.69 Å². The van der Waals surface area contributed by atoms with Crippen molar-refractivity contribution in [3.63, 3.8) is 0 Å². The zero-order chi connectivity index (χ0) is 11.4. The van der Waals surface area contributed by atoms with Crippen molar-refractivity contribution >= 4 is 22.6 Å². The van der Waals surface area contributed by atoms with Crippen LogP contribution in [0.1, 0.15) is 11.1 Å². The molecule has 1 aliphatic heterocycles. The summed E-state index contributed by atoms with van der Waals surface area (Å²) in [5.41, 5.74) is 3.51. The van der Waals surface area contributed by atoms with Crippen LogP contribution in [0.5, 0.6) is 0 Å². The van der Waals surface area contributed by atoms with Crippen molar-refractivity contribution in [2.75, 3.05) is 6.26 Å². The molecule has 16 heavy (non-hydrogen) atoms. The van der Waals surface area contributed by atoms with Crippen LogP contribution in [-0.2, 0) is 13.1 Å². The standard InChI is InChI=1S/C11H12N4S/c1-16-11(14-7-12)15-10-3-2-8-5-13-6-9(8)4-10/h2-4,13H,5-6H2,1H3,(H,14,15). The molecule has 0 fully saturated rings. The maximum atomic E-state index is 8.54. The lowest BCUT2D eigenvalue weighted by atomic mass is 10.1. The van der Waals surface area contributed by atoms with Gasteiger partial charge in [-0.3, -0.25) is 5.32 Å². The largest absolute Gasteiger partial charge is 0.309 e. The Bertz CT molecular complexity index is 462. The number of aliphatic imine (C=N–C) groups is 1. The normalized spacial score (nSPS) is 14.4. The minimum Gasteiger partial charge on any atom is -0.309 e. The van der Waals surface area contributed by atoms with E-state index in [2.05, 4.69) is 27.8 Å². The highest BCUT2D eigenvalue weighted by Crippen LogP contribution is 2.22. The van der Waals surface area contributed by atoms with E-state index in [1.54, 1.807) is 0 Å². The Morgan fingerprint density at radius 3 is 3.06 bits per heavy atom. The van der Waals surface area contributed by atoms with Crippen molar-refractivity contribution in [1.29, 1.82) is 5.26 Å². The summed E-state index contributed by atoms with van der Waals surface area (Å²) < 4.78 is 0. The van der Waals surface area contributed by atoms with Crippen molar-refractivity contribution in [3.8, 4) is 6.19 Å². The third-order valence-electron chi connectivity index (χ3n) is 2.41. The first kappa shape index (κ1) is 11.0. The molecular weight excluding hydrogens is 220 g/mol. The van der Waals surface area contributed by atoms with Crippen molar-refractivity contribution in [1.82, 2.24) is 10.6 Å². The molecule has 1 heterocycles. The Labute approximate surface area is 98.8 Å². The van der Waals surface area contributed by atoms with Gasteiger partial charge in [-0.15, -0.1) is 0 Å². The molecule has 1 aromatic carbocycles. The Morgan fingerprint density at radius 1 is 1.50 bits per heavy atom. The minimum absolute atomic E-state index is 0.619. The number of nitriles is 1. The van der Waals surface area contributed by atoms with E-state index in [1.807, 2.05) is 18.5 Å². The van der Waals surface area contributed by atoms with Crippen LogP contribution in [0.4, 0.5) is 5.69 Å². The van der Waals surface area contributed by atoms with Crippen LogP contribution in [0, 0.1) is 11.5 Å². The fraction of sp³-hybridized carbons (Fsp3) is 0.273. The Hall–Kier alpha value is -1.51. The lowest BCUT2D eigenvalue weighted by molar-refractivity contribution is 0.765. The van der Waals surface area contributed by atoms with Gasteiger partial charge in [-0.1, -0.05) is 17.8 Å². The second kappa shape index (κ2) is 5.01. The van der Waals surface area contributed by atoms with E-state index in [-0.39, 0.29) is 0 Å². The average molecular weight is 232 g/mol. The molecule has 0 aromatic heterocycles. The molecule has 0 spiro atoms. The molecule has 0 radical (unpaired) electrons. The van der Waals surface area contributed by atoms with Crippen LogP contribution in [0.2, 0.25) is 0 Å². The highest BCUT2D eigenvalue weighted by molar-refractivity contribution is 8.13. The highest BCUT2D eigenvalue weighted by atomic mass is 32.2. The zero-order valence-corrected chi connectivity index (χ0v) is 9.77. The summed E-state index contributed by atoms with van der Waals surface area (Å²) in [7, 11) is 0. The number of thioether (sulfide) groups is 1. The first-order valence-electron chi connectivity index (χ1n) is 4.94. The SMILES string of the molecule is CSC(=Nc1ccc2c(c1)CNC2)NC#N. The summed E-state index contributed by atoms with van der Waals surface area (Å²) in [5.74, 6) is 0. The van der Waals surface area contributed by atoms with Gasteiger partial charge >= 0.3 is 0 Å². The third-order valence-corrected chi connectivity index (χ3v) is 2.99. The summed E-state index contributed by atoms with van der Waals surface area (Å²) in [5, 5.41) is 15.0. The fourth-order valence-corrected chi connectivity index (χ4v) is 1.98. The number of nitrogens with zero attached hydrogens (tertiary/aromatic N) is 2. The van der Waals surface area contributed by atoms with Crippen LogP contribution in [0.25, 0.3) is 0 Å². The molecule has 4 nitrogen and oxygen atoms in total. The number of benzene rings is 1.